The standard InChI is InChI=1S/C23H27N5O/c1-29-17-16-27(18-21-8-2-5-11-24-21)14-15-28(19-22-9-3-6-12-25-22)20-23-10-4-7-13-26-23/h2-15H,16-20H2,1H3. The number of nitrogens with zero attached hydrogens (tertiary/aromatic N) is 5. The number of aromatic nitrogens is 3. The molecule has 150 valence electrons. The first-order chi connectivity index (χ1) is 14.3. The van der Waals surface area contributed by atoms with E-state index < -0.39 is 0 Å². The van der Waals surface area contributed by atoms with Gasteiger partial charge in [-0.15, -0.1) is 0 Å². The Bertz CT molecular complexity index is 801. The van der Waals surface area contributed by atoms with Crippen molar-refractivity contribution in [1.82, 2.24) is 24.8 Å². The highest BCUT2D eigenvalue weighted by molar-refractivity contribution is 5.08. The fourth-order valence-corrected chi connectivity index (χ4v) is 2.86. The summed E-state index contributed by atoms with van der Waals surface area (Å²) in [5.74, 6) is 0. The zero-order valence-corrected chi connectivity index (χ0v) is 16.8. The van der Waals surface area contributed by atoms with Crippen molar-refractivity contribution in [1.29, 1.82) is 0 Å². The molecule has 3 aromatic rings. The predicted molar refractivity (Wildman–Crippen MR) is 113 cm³/mol. The Hall–Kier alpha value is -3.25. The van der Waals surface area contributed by atoms with Gasteiger partial charge >= 0.3 is 0 Å². The summed E-state index contributed by atoms with van der Waals surface area (Å²) in [6.07, 6.45) is 9.66. The number of methoxy groups -OCH3 is 1. The third-order valence-corrected chi connectivity index (χ3v) is 4.34. The second kappa shape index (κ2) is 11.6. The van der Waals surface area contributed by atoms with Crippen LogP contribution in [0.5, 0.6) is 0 Å². The van der Waals surface area contributed by atoms with E-state index in [1.165, 1.54) is 0 Å². The first-order valence-electron chi connectivity index (χ1n) is 9.68. The molecule has 0 aromatic carbocycles. The van der Waals surface area contributed by atoms with Crippen molar-refractivity contribution in [2.75, 3.05) is 20.3 Å². The van der Waals surface area contributed by atoms with Gasteiger partial charge in [-0.05, 0) is 36.4 Å². The number of hydrogen-bond donors (Lipinski definition) is 0. The molecule has 3 rings (SSSR count). The molecule has 0 atom stereocenters. The van der Waals surface area contributed by atoms with Crippen LogP contribution < -0.4 is 0 Å². The molecule has 0 N–H and O–H groups in total. The van der Waals surface area contributed by atoms with Gasteiger partial charge in [0.2, 0.25) is 0 Å². The van der Waals surface area contributed by atoms with E-state index in [2.05, 4.69) is 37.2 Å². The largest absolute Gasteiger partial charge is 0.383 e. The Kier molecular flexibility index (Phi) is 8.17. The fourth-order valence-electron chi connectivity index (χ4n) is 2.86. The molecule has 0 bridgehead atoms. The lowest BCUT2D eigenvalue weighted by atomic mass is 10.3. The normalized spacial score (nSPS) is 10.9. The molecule has 29 heavy (non-hydrogen) atoms. The van der Waals surface area contributed by atoms with Crippen molar-refractivity contribution in [2.24, 2.45) is 0 Å². The summed E-state index contributed by atoms with van der Waals surface area (Å²) < 4.78 is 5.28. The van der Waals surface area contributed by atoms with Crippen LogP contribution in [0.1, 0.15) is 17.1 Å². The SMILES string of the molecule is COCCN(C=CN(Cc1ccccn1)Cc1ccccn1)Cc1ccccn1. The van der Waals surface area contributed by atoms with E-state index in [9.17, 15) is 0 Å². The molecule has 6 heteroatoms. The van der Waals surface area contributed by atoms with E-state index in [0.717, 1.165) is 30.2 Å². The van der Waals surface area contributed by atoms with Crippen molar-refractivity contribution in [2.45, 2.75) is 19.6 Å². The molecule has 3 aromatic heterocycles. The molecule has 0 amide bonds. The van der Waals surface area contributed by atoms with E-state index >= 15 is 0 Å². The minimum Gasteiger partial charge on any atom is -0.383 e. The van der Waals surface area contributed by atoms with Gasteiger partial charge in [-0.25, -0.2) is 0 Å². The Labute approximate surface area is 172 Å². The van der Waals surface area contributed by atoms with Crippen LogP contribution in [-0.4, -0.2) is 45.0 Å². The summed E-state index contributed by atoms with van der Waals surface area (Å²) in [6.45, 7) is 3.56. The molecule has 0 aliphatic rings. The second-order valence-corrected chi connectivity index (χ2v) is 6.63. The maximum Gasteiger partial charge on any atom is 0.0637 e. The van der Waals surface area contributed by atoms with Gasteiger partial charge in [0.1, 0.15) is 0 Å². The molecule has 0 saturated heterocycles. The summed E-state index contributed by atoms with van der Waals surface area (Å²) in [5, 5.41) is 0. The van der Waals surface area contributed by atoms with Gasteiger partial charge in [0.25, 0.3) is 0 Å². The third kappa shape index (κ3) is 7.35. The lowest BCUT2D eigenvalue weighted by Crippen LogP contribution is -2.24. The van der Waals surface area contributed by atoms with E-state index in [4.69, 9.17) is 4.74 Å². The van der Waals surface area contributed by atoms with Crippen molar-refractivity contribution >= 4 is 0 Å². The zero-order valence-electron chi connectivity index (χ0n) is 16.8. The summed E-state index contributed by atoms with van der Waals surface area (Å²) >= 11 is 0. The first kappa shape index (κ1) is 20.5. The maximum atomic E-state index is 5.28. The minimum atomic E-state index is 0.650. The molecule has 0 spiro atoms. The number of rotatable bonds is 11. The molecule has 0 saturated carbocycles. The van der Waals surface area contributed by atoms with Crippen molar-refractivity contribution < 1.29 is 4.74 Å². The molecule has 0 unspecified atom stereocenters. The van der Waals surface area contributed by atoms with E-state index in [0.29, 0.717) is 19.7 Å². The number of hydrogen-bond acceptors (Lipinski definition) is 6. The number of pyridine rings is 3. The molecule has 0 fully saturated rings. The highest BCUT2D eigenvalue weighted by Crippen LogP contribution is 2.09. The van der Waals surface area contributed by atoms with Crippen LogP contribution in [0.3, 0.4) is 0 Å². The van der Waals surface area contributed by atoms with E-state index in [-0.39, 0.29) is 0 Å². The minimum absolute atomic E-state index is 0.650. The van der Waals surface area contributed by atoms with E-state index in [1.54, 1.807) is 7.11 Å². The van der Waals surface area contributed by atoms with Gasteiger partial charge in [-0.1, -0.05) is 18.2 Å². The van der Waals surface area contributed by atoms with Crippen LogP contribution in [0.4, 0.5) is 0 Å². The smallest absolute Gasteiger partial charge is 0.0637 e. The predicted octanol–water partition coefficient (Wildman–Crippen LogP) is 3.49. The van der Waals surface area contributed by atoms with Crippen LogP contribution in [0.25, 0.3) is 0 Å². The highest BCUT2D eigenvalue weighted by atomic mass is 16.5. The van der Waals surface area contributed by atoms with Gasteiger partial charge in [0.05, 0.1) is 43.3 Å². The zero-order chi connectivity index (χ0) is 20.2. The Morgan fingerprint density at radius 2 is 1.14 bits per heavy atom. The quantitative estimate of drug-likeness (QED) is 0.500. The molecule has 6 nitrogen and oxygen atoms in total. The summed E-state index contributed by atoms with van der Waals surface area (Å²) in [5.41, 5.74) is 3.05. The third-order valence-electron chi connectivity index (χ3n) is 4.34. The molecule has 3 heterocycles. The van der Waals surface area contributed by atoms with Gasteiger partial charge in [0.15, 0.2) is 0 Å². The monoisotopic (exact) mass is 389 g/mol. The van der Waals surface area contributed by atoms with Crippen molar-refractivity contribution in [3.63, 3.8) is 0 Å². The van der Waals surface area contributed by atoms with E-state index in [1.807, 2.05) is 73.2 Å². The van der Waals surface area contributed by atoms with Crippen LogP contribution in [0.15, 0.2) is 85.6 Å². The van der Waals surface area contributed by atoms with Crippen LogP contribution in [0, 0.1) is 0 Å². The lowest BCUT2D eigenvalue weighted by Gasteiger charge is -2.24. The lowest BCUT2D eigenvalue weighted by molar-refractivity contribution is 0.165. The first-order valence-corrected chi connectivity index (χ1v) is 9.68. The average molecular weight is 390 g/mol. The number of ether oxygens (including phenoxy) is 1. The van der Waals surface area contributed by atoms with Crippen molar-refractivity contribution in [3.8, 4) is 0 Å². The fraction of sp³-hybridized carbons (Fsp3) is 0.261. The van der Waals surface area contributed by atoms with Crippen LogP contribution in [0.2, 0.25) is 0 Å². The average Bonchev–Trinajstić information content (AvgIpc) is 2.77. The van der Waals surface area contributed by atoms with Gasteiger partial charge in [-0.2, -0.15) is 0 Å². The van der Waals surface area contributed by atoms with Crippen LogP contribution in [-0.2, 0) is 24.4 Å². The molecular formula is C23H27N5O. The van der Waals surface area contributed by atoms with Crippen LogP contribution >= 0.6 is 0 Å². The molecule has 0 aliphatic carbocycles. The van der Waals surface area contributed by atoms with Gasteiger partial charge in [0, 0.05) is 44.6 Å². The molecular weight excluding hydrogens is 362 g/mol. The highest BCUT2D eigenvalue weighted by Gasteiger charge is 2.07. The Morgan fingerprint density at radius 3 is 1.55 bits per heavy atom. The maximum absolute atomic E-state index is 5.28. The summed E-state index contributed by atoms with van der Waals surface area (Å²) in [4.78, 5) is 17.8. The van der Waals surface area contributed by atoms with Gasteiger partial charge < -0.3 is 14.5 Å². The Balaban J connectivity index is 1.73. The summed E-state index contributed by atoms with van der Waals surface area (Å²) in [6, 6.07) is 17.9. The molecule has 0 aliphatic heterocycles. The molecule has 0 radical (unpaired) electrons. The second-order valence-electron chi connectivity index (χ2n) is 6.63. The summed E-state index contributed by atoms with van der Waals surface area (Å²) in [7, 11) is 1.72. The Morgan fingerprint density at radius 1 is 0.690 bits per heavy atom. The topological polar surface area (TPSA) is 54.4 Å². The van der Waals surface area contributed by atoms with Gasteiger partial charge in [-0.3, -0.25) is 15.0 Å². The van der Waals surface area contributed by atoms with Crippen molar-refractivity contribution in [3.05, 3.63) is 103 Å².